The summed E-state index contributed by atoms with van der Waals surface area (Å²) < 4.78 is 34.0. The summed E-state index contributed by atoms with van der Waals surface area (Å²) >= 11 is 0. The van der Waals surface area contributed by atoms with Crippen LogP contribution in [0.5, 0.6) is 0 Å². The number of hydrogen-bond acceptors (Lipinski definition) is 9. The molecule has 0 fully saturated rings. The summed E-state index contributed by atoms with van der Waals surface area (Å²) in [6, 6.07) is 11.5. The maximum atomic E-state index is 14.0. The second kappa shape index (κ2) is 9.52. The first-order chi connectivity index (χ1) is 17.8. The van der Waals surface area contributed by atoms with Gasteiger partial charge in [-0.1, -0.05) is 6.07 Å². The normalized spacial score (nSPS) is 11.3. The molecule has 4 rings (SSSR count). The number of benzene rings is 3. The van der Waals surface area contributed by atoms with Crippen LogP contribution in [-0.2, 0) is 10.0 Å². The fourth-order valence-electron chi connectivity index (χ4n) is 4.06. The van der Waals surface area contributed by atoms with E-state index in [0.717, 1.165) is 36.4 Å². The number of nitro groups is 2. The number of nitrogens with zero attached hydrogens (tertiary/aromatic N) is 3. The summed E-state index contributed by atoms with van der Waals surface area (Å²) in [7, 11) is -4.78. The van der Waals surface area contributed by atoms with Gasteiger partial charge in [-0.15, -0.1) is 0 Å². The third kappa shape index (κ3) is 4.50. The van der Waals surface area contributed by atoms with Crippen molar-refractivity contribution in [3.05, 3.63) is 103 Å². The highest BCUT2D eigenvalue weighted by Crippen LogP contribution is 2.34. The maximum absolute atomic E-state index is 14.0. The Morgan fingerprint density at radius 3 is 2.05 bits per heavy atom. The number of anilines is 1. The Kier molecular flexibility index (Phi) is 6.55. The van der Waals surface area contributed by atoms with Crippen molar-refractivity contribution in [2.75, 3.05) is 4.31 Å². The smallest absolute Gasteiger partial charge is 0.272 e. The molecule has 0 radical (unpaired) electrons. The van der Waals surface area contributed by atoms with Crippen LogP contribution in [0.1, 0.15) is 39.0 Å². The standard InChI is InChI=1S/C25H19N3O9S/c1-14-4-7-20(28(33)34)13-23(14)38(35,36)26(25(30)17-5-8-18(9-6-17)27(31)32)19-10-11-22-21(12-19)24(15(2)29)16(3)37-22/h4-13H,1-3H3. The molecule has 0 aliphatic rings. The lowest BCUT2D eigenvalue weighted by molar-refractivity contribution is -0.385. The second-order valence-corrected chi connectivity index (χ2v) is 10.1. The Balaban J connectivity index is 1.98. The molecule has 0 bridgehead atoms. The van der Waals surface area contributed by atoms with Gasteiger partial charge in [0.05, 0.1) is 26.0 Å². The van der Waals surface area contributed by atoms with Crippen molar-refractivity contribution in [2.24, 2.45) is 0 Å². The van der Waals surface area contributed by atoms with E-state index in [1.54, 1.807) is 6.92 Å². The van der Waals surface area contributed by atoms with E-state index in [2.05, 4.69) is 0 Å². The fraction of sp³-hybridized carbons (Fsp3) is 0.120. The molecule has 0 spiro atoms. The highest BCUT2D eigenvalue weighted by Gasteiger charge is 2.35. The SMILES string of the molecule is CC(=O)c1c(C)oc2ccc(N(C(=O)c3ccc([N+](=O)[O-])cc3)S(=O)(=O)c3cc([N+](=O)[O-])ccc3C)cc12. The molecule has 12 nitrogen and oxygen atoms in total. The summed E-state index contributed by atoms with van der Waals surface area (Å²) in [6.45, 7) is 4.30. The van der Waals surface area contributed by atoms with Crippen LogP contribution in [0.15, 0.2) is 70.0 Å². The molecule has 0 atom stereocenters. The average Bonchev–Trinajstić information content (AvgIpc) is 3.19. The van der Waals surface area contributed by atoms with Crippen LogP contribution in [0.2, 0.25) is 0 Å². The Morgan fingerprint density at radius 2 is 1.47 bits per heavy atom. The van der Waals surface area contributed by atoms with Gasteiger partial charge in [0, 0.05) is 35.2 Å². The molecule has 3 aromatic carbocycles. The van der Waals surface area contributed by atoms with E-state index >= 15 is 0 Å². The highest BCUT2D eigenvalue weighted by atomic mass is 32.2. The number of non-ortho nitro benzene ring substituents is 2. The molecule has 1 heterocycles. The van der Waals surface area contributed by atoms with Gasteiger partial charge in [-0.2, -0.15) is 4.31 Å². The summed E-state index contributed by atoms with van der Waals surface area (Å²) in [4.78, 5) is 46.4. The van der Waals surface area contributed by atoms with Gasteiger partial charge in [0.25, 0.3) is 27.3 Å². The van der Waals surface area contributed by atoms with Crippen molar-refractivity contribution in [3.8, 4) is 0 Å². The molecule has 0 saturated heterocycles. The lowest BCUT2D eigenvalue weighted by Crippen LogP contribution is -2.37. The predicted molar refractivity (Wildman–Crippen MR) is 136 cm³/mol. The Labute approximate surface area is 215 Å². The molecular formula is C25H19N3O9S. The third-order valence-electron chi connectivity index (χ3n) is 5.84. The molecule has 0 N–H and O–H groups in total. The minimum Gasteiger partial charge on any atom is -0.461 e. The molecule has 1 aromatic heterocycles. The predicted octanol–water partition coefficient (Wildman–Crippen LogP) is 5.10. The fourth-order valence-corrected chi connectivity index (χ4v) is 5.71. The van der Waals surface area contributed by atoms with Crippen LogP contribution in [-0.4, -0.2) is 30.0 Å². The molecular weight excluding hydrogens is 518 g/mol. The van der Waals surface area contributed by atoms with Crippen LogP contribution >= 0.6 is 0 Å². The van der Waals surface area contributed by atoms with Crippen molar-refractivity contribution in [1.82, 2.24) is 0 Å². The Bertz CT molecular complexity index is 1760. The monoisotopic (exact) mass is 537 g/mol. The molecule has 13 heteroatoms. The minimum atomic E-state index is -4.78. The Morgan fingerprint density at radius 1 is 0.868 bits per heavy atom. The van der Waals surface area contributed by atoms with Crippen LogP contribution in [0.4, 0.5) is 17.1 Å². The van der Waals surface area contributed by atoms with Crippen molar-refractivity contribution in [2.45, 2.75) is 25.7 Å². The lowest BCUT2D eigenvalue weighted by atomic mass is 10.1. The number of hydrogen-bond donors (Lipinski definition) is 0. The molecule has 4 aromatic rings. The number of rotatable bonds is 7. The summed E-state index contributed by atoms with van der Waals surface area (Å²) in [5.74, 6) is -1.12. The van der Waals surface area contributed by atoms with E-state index in [9.17, 15) is 38.2 Å². The van der Waals surface area contributed by atoms with E-state index < -0.39 is 36.4 Å². The first-order valence-corrected chi connectivity index (χ1v) is 12.4. The largest absolute Gasteiger partial charge is 0.461 e. The zero-order valence-electron chi connectivity index (χ0n) is 20.2. The lowest BCUT2D eigenvalue weighted by Gasteiger charge is -2.23. The number of carbonyl (C=O) groups excluding carboxylic acids is 2. The minimum absolute atomic E-state index is 0.141. The van der Waals surface area contributed by atoms with Gasteiger partial charge in [-0.05, 0) is 56.7 Å². The van der Waals surface area contributed by atoms with Crippen LogP contribution in [0.3, 0.4) is 0 Å². The van der Waals surface area contributed by atoms with E-state index in [-0.39, 0.29) is 44.8 Å². The zero-order valence-corrected chi connectivity index (χ0v) is 21.0. The van der Waals surface area contributed by atoms with Gasteiger partial charge in [-0.3, -0.25) is 29.8 Å². The molecule has 38 heavy (non-hydrogen) atoms. The zero-order chi connectivity index (χ0) is 27.9. The number of carbonyl (C=O) groups is 2. The summed E-state index contributed by atoms with van der Waals surface area (Å²) in [6.07, 6.45) is 0. The molecule has 194 valence electrons. The van der Waals surface area contributed by atoms with Gasteiger partial charge in [0.1, 0.15) is 11.3 Å². The molecule has 0 saturated carbocycles. The van der Waals surface area contributed by atoms with Crippen molar-refractivity contribution < 1.29 is 32.3 Å². The summed E-state index contributed by atoms with van der Waals surface area (Å²) in [5.41, 5.74) is -0.561. The van der Waals surface area contributed by atoms with Crippen molar-refractivity contribution in [1.29, 1.82) is 0 Å². The van der Waals surface area contributed by atoms with E-state index in [1.807, 2.05) is 0 Å². The third-order valence-corrected chi connectivity index (χ3v) is 7.70. The number of sulfonamides is 1. The quantitative estimate of drug-likeness (QED) is 0.176. The first-order valence-electron chi connectivity index (χ1n) is 11.0. The van der Waals surface area contributed by atoms with E-state index in [1.165, 1.54) is 38.1 Å². The van der Waals surface area contributed by atoms with Gasteiger partial charge < -0.3 is 4.42 Å². The number of nitro benzene ring substituents is 2. The highest BCUT2D eigenvalue weighted by molar-refractivity contribution is 7.93. The molecule has 1 amide bonds. The van der Waals surface area contributed by atoms with E-state index in [4.69, 9.17) is 4.42 Å². The number of Topliss-reactive ketones (excluding diaryl/α,β-unsaturated/α-hetero) is 1. The van der Waals surface area contributed by atoms with E-state index in [0.29, 0.717) is 10.1 Å². The number of amides is 1. The second-order valence-electron chi connectivity index (χ2n) is 8.36. The number of furan rings is 1. The molecule has 0 aliphatic heterocycles. The average molecular weight is 538 g/mol. The van der Waals surface area contributed by atoms with Gasteiger partial charge in [0.15, 0.2) is 5.78 Å². The number of fused-ring (bicyclic) bond motifs is 1. The number of aryl methyl sites for hydroxylation is 2. The Hall–Kier alpha value is -4.91. The summed E-state index contributed by atoms with van der Waals surface area (Å²) in [5, 5.41) is 22.7. The van der Waals surface area contributed by atoms with Gasteiger partial charge in [-0.25, -0.2) is 8.42 Å². The number of ketones is 1. The molecule has 0 aliphatic carbocycles. The van der Waals surface area contributed by atoms with Gasteiger partial charge >= 0.3 is 0 Å². The topological polar surface area (TPSA) is 171 Å². The first kappa shape index (κ1) is 26.2. The van der Waals surface area contributed by atoms with Gasteiger partial charge in [0.2, 0.25) is 0 Å². The van der Waals surface area contributed by atoms with Crippen LogP contribution in [0, 0.1) is 34.1 Å². The maximum Gasteiger partial charge on any atom is 0.272 e. The van der Waals surface area contributed by atoms with Crippen LogP contribution in [0.25, 0.3) is 11.0 Å². The van der Waals surface area contributed by atoms with Crippen molar-refractivity contribution >= 4 is 49.7 Å². The molecule has 0 unspecified atom stereocenters. The van der Waals surface area contributed by atoms with Crippen molar-refractivity contribution in [3.63, 3.8) is 0 Å². The van der Waals surface area contributed by atoms with Crippen LogP contribution < -0.4 is 4.31 Å².